The minimum atomic E-state index is -4.40. The Balaban J connectivity index is 0.00000352. The third-order valence-electron chi connectivity index (χ3n) is 4.85. The minimum Gasteiger partial charge on any atom is -0.356 e. The van der Waals surface area contributed by atoms with E-state index in [9.17, 15) is 18.0 Å². The van der Waals surface area contributed by atoms with Gasteiger partial charge in [0.05, 0.1) is 11.6 Å². The second-order valence-electron chi connectivity index (χ2n) is 7.09. The Morgan fingerprint density at radius 3 is 2.21 bits per heavy atom. The van der Waals surface area contributed by atoms with Crippen LogP contribution in [-0.4, -0.2) is 11.0 Å². The third kappa shape index (κ3) is 7.41. The summed E-state index contributed by atoms with van der Waals surface area (Å²) < 4.78 is 38.5. The van der Waals surface area contributed by atoms with Gasteiger partial charge in [-0.25, -0.2) is 0 Å². The van der Waals surface area contributed by atoms with Crippen LogP contribution in [0.3, 0.4) is 0 Å². The zero-order chi connectivity index (χ0) is 22.1. The highest BCUT2D eigenvalue weighted by Gasteiger charge is 2.36. The maximum absolute atomic E-state index is 12.8. The molecule has 0 aliphatic rings. The van der Waals surface area contributed by atoms with Crippen LogP contribution in [-0.2, 0) is 11.0 Å². The maximum Gasteiger partial charge on any atom is 0.416 e. The van der Waals surface area contributed by atoms with E-state index in [4.69, 9.17) is 12.2 Å². The molecule has 1 rings (SSSR count). The highest BCUT2D eigenvalue weighted by atomic mass is 32.1. The molecule has 0 aromatic heterocycles. The molecule has 0 radical (unpaired) electrons. The van der Waals surface area contributed by atoms with E-state index >= 15 is 0 Å². The van der Waals surface area contributed by atoms with Gasteiger partial charge in [-0.15, -0.1) is 0 Å². The first-order chi connectivity index (χ1) is 12.9. The summed E-state index contributed by atoms with van der Waals surface area (Å²) in [5, 5.41) is 5.70. The van der Waals surface area contributed by atoms with Gasteiger partial charge in [-0.1, -0.05) is 60.1 Å². The average molecular weight is 419 g/mol. The molecule has 0 aliphatic heterocycles. The van der Waals surface area contributed by atoms with Crippen LogP contribution >= 0.6 is 12.2 Å². The lowest BCUT2D eigenvalue weighted by Gasteiger charge is -2.32. The summed E-state index contributed by atoms with van der Waals surface area (Å²) in [6.45, 7) is 13.6. The second-order valence-corrected chi connectivity index (χ2v) is 7.50. The number of thiocarbonyl (C=S) groups is 1. The number of alkyl halides is 3. The number of nitrogens with one attached hydrogen (secondary N) is 2. The summed E-state index contributed by atoms with van der Waals surface area (Å²) in [6.07, 6.45) is -2.81. The van der Waals surface area contributed by atoms with Crippen molar-refractivity contribution in [1.29, 1.82) is 0 Å². The molecule has 160 valence electrons. The first kappa shape index (κ1) is 26.4. The zero-order valence-corrected chi connectivity index (χ0v) is 18.6. The van der Waals surface area contributed by atoms with E-state index in [1.807, 2.05) is 41.5 Å². The van der Waals surface area contributed by atoms with Crippen molar-refractivity contribution in [1.82, 2.24) is 10.6 Å². The summed E-state index contributed by atoms with van der Waals surface area (Å²) >= 11 is 5.19. The van der Waals surface area contributed by atoms with Gasteiger partial charge in [-0.05, 0) is 49.2 Å². The van der Waals surface area contributed by atoms with Crippen LogP contribution in [0.15, 0.2) is 24.3 Å². The quantitative estimate of drug-likeness (QED) is 0.537. The maximum atomic E-state index is 12.8. The molecule has 0 spiro atoms. The van der Waals surface area contributed by atoms with Crippen molar-refractivity contribution in [3.63, 3.8) is 0 Å². The number of rotatable bonds is 6. The Morgan fingerprint density at radius 2 is 1.75 bits per heavy atom. The molecule has 3 nitrogen and oxygen atoms in total. The fourth-order valence-corrected chi connectivity index (χ4v) is 3.00. The SMILES string of the molecule is CC.CCCC(C)(C(=O)NC(=S)NC(C)c1cccc(C(F)(F)F)c1)C(C)C. The number of amides is 1. The molecule has 1 aromatic rings. The Kier molecular flexibility index (Phi) is 10.7. The lowest BCUT2D eigenvalue weighted by atomic mass is 9.75. The number of hydrogen-bond acceptors (Lipinski definition) is 2. The normalized spacial score (nSPS) is 14.4. The third-order valence-corrected chi connectivity index (χ3v) is 5.07. The van der Waals surface area contributed by atoms with Crippen molar-refractivity contribution in [2.75, 3.05) is 0 Å². The molecule has 2 atom stereocenters. The van der Waals surface area contributed by atoms with Crippen LogP contribution in [0.4, 0.5) is 13.2 Å². The lowest BCUT2D eigenvalue weighted by Crippen LogP contribution is -2.48. The highest BCUT2D eigenvalue weighted by molar-refractivity contribution is 7.80. The second kappa shape index (κ2) is 11.4. The Labute approximate surface area is 172 Å². The van der Waals surface area contributed by atoms with E-state index in [1.165, 1.54) is 6.07 Å². The Bertz CT molecular complexity index is 647. The molecular weight excluding hydrogens is 385 g/mol. The van der Waals surface area contributed by atoms with E-state index in [1.54, 1.807) is 13.0 Å². The van der Waals surface area contributed by atoms with Crippen molar-refractivity contribution >= 4 is 23.2 Å². The van der Waals surface area contributed by atoms with Gasteiger partial charge in [0.25, 0.3) is 0 Å². The fourth-order valence-electron chi connectivity index (χ4n) is 2.73. The van der Waals surface area contributed by atoms with E-state index in [0.29, 0.717) is 5.56 Å². The smallest absolute Gasteiger partial charge is 0.356 e. The van der Waals surface area contributed by atoms with Crippen molar-refractivity contribution in [3.05, 3.63) is 35.4 Å². The van der Waals surface area contributed by atoms with E-state index in [-0.39, 0.29) is 16.9 Å². The molecule has 1 aromatic carbocycles. The molecular formula is C21H33F3N2OS. The van der Waals surface area contributed by atoms with Crippen LogP contribution < -0.4 is 10.6 Å². The van der Waals surface area contributed by atoms with Gasteiger partial charge in [0.15, 0.2) is 5.11 Å². The van der Waals surface area contributed by atoms with Gasteiger partial charge in [-0.3, -0.25) is 4.79 Å². The first-order valence-electron chi connectivity index (χ1n) is 9.71. The molecule has 2 N–H and O–H groups in total. The van der Waals surface area contributed by atoms with E-state index < -0.39 is 23.2 Å². The summed E-state index contributed by atoms with van der Waals surface area (Å²) in [4.78, 5) is 12.6. The molecule has 2 unspecified atom stereocenters. The van der Waals surface area contributed by atoms with Gasteiger partial charge in [0, 0.05) is 5.41 Å². The van der Waals surface area contributed by atoms with Crippen molar-refractivity contribution in [2.24, 2.45) is 11.3 Å². The van der Waals surface area contributed by atoms with Crippen molar-refractivity contribution < 1.29 is 18.0 Å². The summed E-state index contributed by atoms with van der Waals surface area (Å²) in [5.41, 5.74) is -0.828. The molecule has 0 fully saturated rings. The van der Waals surface area contributed by atoms with Crippen LogP contribution in [0.5, 0.6) is 0 Å². The summed E-state index contributed by atoms with van der Waals surface area (Å²) in [5.74, 6) is -0.0470. The van der Waals surface area contributed by atoms with Gasteiger partial charge in [-0.2, -0.15) is 13.2 Å². The van der Waals surface area contributed by atoms with Gasteiger partial charge in [0.1, 0.15) is 0 Å². The number of carbonyl (C=O) groups is 1. The summed E-state index contributed by atoms with van der Waals surface area (Å²) in [6, 6.07) is 4.58. The number of hydrogen-bond donors (Lipinski definition) is 2. The van der Waals surface area contributed by atoms with E-state index in [2.05, 4.69) is 10.6 Å². The first-order valence-corrected chi connectivity index (χ1v) is 10.1. The molecule has 0 saturated carbocycles. The molecule has 0 saturated heterocycles. The summed E-state index contributed by atoms with van der Waals surface area (Å²) in [7, 11) is 0. The molecule has 28 heavy (non-hydrogen) atoms. The Hall–Kier alpha value is -1.63. The number of carbonyl (C=O) groups excluding carboxylic acids is 1. The monoisotopic (exact) mass is 418 g/mol. The number of halogens is 3. The van der Waals surface area contributed by atoms with Crippen molar-refractivity contribution in [3.8, 4) is 0 Å². The molecule has 0 aliphatic carbocycles. The fraction of sp³-hybridized carbons (Fsp3) is 0.619. The zero-order valence-electron chi connectivity index (χ0n) is 17.8. The van der Waals surface area contributed by atoms with Crippen LogP contribution in [0.25, 0.3) is 0 Å². The minimum absolute atomic E-state index is 0.114. The largest absolute Gasteiger partial charge is 0.416 e. The topological polar surface area (TPSA) is 41.1 Å². The standard InChI is InChI=1S/C19H27F3N2OS.C2H6/c1-6-10-18(5,12(2)3)16(25)24-17(26)23-13(4)14-8-7-9-15(11-14)19(20,21)22;1-2/h7-9,11-13H,6,10H2,1-5H3,(H2,23,24,25,26);1-2H3. The van der Waals surface area contributed by atoms with Gasteiger partial charge < -0.3 is 10.6 Å². The predicted octanol–water partition coefficient (Wildman–Crippen LogP) is 6.25. The van der Waals surface area contributed by atoms with Gasteiger partial charge in [0.2, 0.25) is 5.91 Å². The molecule has 7 heteroatoms. The molecule has 0 heterocycles. The molecule has 0 bridgehead atoms. The van der Waals surface area contributed by atoms with E-state index in [0.717, 1.165) is 25.0 Å². The number of benzene rings is 1. The molecule has 1 amide bonds. The predicted molar refractivity (Wildman–Crippen MR) is 113 cm³/mol. The average Bonchev–Trinajstić information content (AvgIpc) is 2.62. The van der Waals surface area contributed by atoms with Crippen LogP contribution in [0, 0.1) is 11.3 Å². The Morgan fingerprint density at radius 1 is 1.18 bits per heavy atom. The lowest BCUT2D eigenvalue weighted by molar-refractivity contribution is -0.137. The van der Waals surface area contributed by atoms with Crippen molar-refractivity contribution in [2.45, 2.75) is 73.5 Å². The van der Waals surface area contributed by atoms with Crippen LogP contribution in [0.1, 0.15) is 78.5 Å². The van der Waals surface area contributed by atoms with Gasteiger partial charge >= 0.3 is 6.18 Å². The van der Waals surface area contributed by atoms with Crippen LogP contribution in [0.2, 0.25) is 0 Å². The highest BCUT2D eigenvalue weighted by Crippen LogP contribution is 2.33.